The minimum absolute atomic E-state index is 0. The third-order valence-corrected chi connectivity index (χ3v) is 17.0. The number of carboxylic acid groups (broad SMARTS) is 1. The van der Waals surface area contributed by atoms with Crippen molar-refractivity contribution in [3.63, 3.8) is 0 Å². The number of halogens is 4. The Morgan fingerprint density at radius 3 is 1.06 bits per heavy atom. The first-order valence-corrected chi connectivity index (χ1v) is 32.0. The van der Waals surface area contributed by atoms with Gasteiger partial charge in [0.15, 0.2) is 16.3 Å². The monoisotopic (exact) mass is 1440 g/mol. The average Bonchev–Trinajstić information content (AvgIpc) is 0.752. The van der Waals surface area contributed by atoms with Crippen molar-refractivity contribution >= 4 is 164 Å². The average molecular weight is 1440 g/mol. The van der Waals surface area contributed by atoms with Crippen molar-refractivity contribution in [3.05, 3.63) is 232 Å². The van der Waals surface area contributed by atoms with Gasteiger partial charge in [0.05, 0.1) is 78.4 Å². The van der Waals surface area contributed by atoms with E-state index in [-0.39, 0.29) is 84.3 Å². The molecule has 0 aliphatic rings. The van der Waals surface area contributed by atoms with Crippen LogP contribution in [0.1, 0.15) is 13.8 Å². The van der Waals surface area contributed by atoms with Gasteiger partial charge in [0.2, 0.25) is 0 Å². The van der Waals surface area contributed by atoms with Crippen molar-refractivity contribution in [2.75, 3.05) is 70.2 Å². The number of anilines is 3. The zero-order chi connectivity index (χ0) is 68.5. The number of hydrogen-bond acceptors (Lipinski definition) is 14. The van der Waals surface area contributed by atoms with Gasteiger partial charge in [-0.05, 0) is 120 Å². The molecule has 6 N–H and O–H groups in total. The van der Waals surface area contributed by atoms with Crippen LogP contribution in [0.3, 0.4) is 0 Å². The molecule has 0 unspecified atom stereocenters. The number of rotatable bonds is 14. The van der Waals surface area contributed by atoms with Crippen molar-refractivity contribution < 1.29 is 68.8 Å². The smallest absolute Gasteiger partial charge is 0.870 e. The van der Waals surface area contributed by atoms with Crippen LogP contribution in [-0.4, -0.2) is 120 Å². The van der Waals surface area contributed by atoms with Crippen LogP contribution in [0, 0.1) is 0 Å². The molecule has 12 rings (SSSR count). The number of pyridine rings is 3. The second kappa shape index (κ2) is 34.5. The molecular formula is C73H70BBrCl3LiN6O13. The quantitative estimate of drug-likeness (QED) is 0.0520. The normalized spacial score (nSPS) is 10.6. The fourth-order valence-electron chi connectivity index (χ4n) is 11.5. The molecule has 19 nitrogen and oxygen atoms in total. The van der Waals surface area contributed by atoms with Gasteiger partial charge in [-0.3, -0.25) is 28.8 Å². The number of aliphatic carboxylic acids is 1. The predicted octanol–water partition coefficient (Wildman–Crippen LogP) is 9.30. The summed E-state index contributed by atoms with van der Waals surface area (Å²) in [5.41, 5.74) is 9.70. The zero-order valence-electron chi connectivity index (χ0n) is 55.2. The summed E-state index contributed by atoms with van der Waals surface area (Å²) >= 11 is 22.8. The van der Waals surface area contributed by atoms with E-state index in [0.29, 0.717) is 110 Å². The van der Waals surface area contributed by atoms with E-state index in [1.165, 1.54) is 0 Å². The predicted molar refractivity (Wildman–Crippen MR) is 396 cm³/mol. The Labute approximate surface area is 600 Å². The number of carboxylic acids is 1. The Morgan fingerprint density at radius 1 is 0.449 bits per heavy atom. The van der Waals surface area contributed by atoms with Crippen LogP contribution < -0.4 is 55.3 Å². The summed E-state index contributed by atoms with van der Waals surface area (Å²) in [6.07, 6.45) is 0. The van der Waals surface area contributed by atoms with E-state index in [1.807, 2.05) is 166 Å². The van der Waals surface area contributed by atoms with E-state index in [2.05, 4.69) is 15.9 Å². The molecule has 25 heteroatoms. The fourth-order valence-corrected chi connectivity index (χ4v) is 12.8. The molecule has 0 amide bonds. The van der Waals surface area contributed by atoms with Gasteiger partial charge in [-0.15, -0.1) is 0 Å². The van der Waals surface area contributed by atoms with Gasteiger partial charge in [-0.25, -0.2) is 0 Å². The summed E-state index contributed by atoms with van der Waals surface area (Å²) in [4.78, 5) is 81.7. The number of nitrogens with zero attached hydrogens (tertiary/aromatic N) is 6. The van der Waals surface area contributed by atoms with Crippen LogP contribution in [-0.2, 0) is 43.5 Å². The van der Waals surface area contributed by atoms with Crippen LogP contribution in [0.15, 0.2) is 201 Å². The molecule has 502 valence electrons. The summed E-state index contributed by atoms with van der Waals surface area (Å²) in [5, 5.41) is 31.3. The SMILES string of the molecule is CCOC(=O)Cn1c2cc(-c3ccccc3)ccc2c(=O)c2ccc(Cl)c(N(C)C)c21.CCOC(=O)Cn1c2cc(Br)ccc2c(=O)c2ccc(Cl)c(N(C)C)c21.CN(C)c1c(Cl)ccc2c(=O)c3ccc(-c4ccccc4)cc3n(CC(=O)O)c12.O.OB(O)c1ccccc1.[Li+].[OH-]. The van der Waals surface area contributed by atoms with E-state index in [9.17, 15) is 33.9 Å². The van der Waals surface area contributed by atoms with Gasteiger partial charge in [0.1, 0.15) is 19.6 Å². The van der Waals surface area contributed by atoms with Crippen molar-refractivity contribution in [1.29, 1.82) is 0 Å². The molecule has 0 atom stereocenters. The summed E-state index contributed by atoms with van der Waals surface area (Å²) in [6.45, 7) is 3.78. The number of fused-ring (bicyclic) bond motifs is 6. The van der Waals surface area contributed by atoms with Gasteiger partial charge in [0.25, 0.3) is 0 Å². The standard InChI is InChI=1S/C25H23ClN2O3.C23H19ClN2O3.C19H18BrClN2O3.C6H7BO2.Li.2H2O/c1-4-31-22(29)15-28-21-14-17(16-8-6-5-7-9-16)10-11-18(21)25(30)19-12-13-20(26)24(23(19)28)27(2)3;1-25(2)22-18(24)11-10-17-21(22)26(13-20(27)28)19-12-15(8-9-16(19)23(17)29)14-6-4-3-5-7-14;1-4-26-16(24)10-23-15-9-11(20)5-6-12(15)19(25)13-7-8-14(21)18(17(13)23)22(2)3;8-7(9)6-4-2-1-3-5-6;;;/h5-14H,4,15H2,1-3H3;3-12H,13H2,1-2H3,(H,27,28);5-9H,4,10H2,1-3H3;1-5,8-9H;;2*1H2/q;;;;+1;;/p-1. The summed E-state index contributed by atoms with van der Waals surface area (Å²) in [6, 6.07) is 55.2. The molecule has 12 aromatic rings. The molecule has 98 heavy (non-hydrogen) atoms. The molecule has 0 aliphatic carbocycles. The van der Waals surface area contributed by atoms with Crippen LogP contribution >= 0.6 is 50.7 Å². The van der Waals surface area contributed by atoms with Gasteiger partial charge in [0, 0.05) is 79.1 Å². The maximum atomic E-state index is 13.4. The van der Waals surface area contributed by atoms with Gasteiger partial charge >= 0.3 is 43.9 Å². The van der Waals surface area contributed by atoms with Crippen molar-refractivity contribution in [3.8, 4) is 22.3 Å². The molecule has 0 saturated carbocycles. The Hall–Kier alpha value is -8.95. The third kappa shape index (κ3) is 16.9. The van der Waals surface area contributed by atoms with Crippen LogP contribution in [0.2, 0.25) is 15.1 Å². The van der Waals surface area contributed by atoms with E-state index in [1.54, 1.807) is 101 Å². The van der Waals surface area contributed by atoms with E-state index in [4.69, 9.17) is 54.3 Å². The number of ether oxygens (including phenoxy) is 2. The Bertz CT molecular complexity index is 5090. The Morgan fingerprint density at radius 2 is 0.755 bits per heavy atom. The Kier molecular flexibility index (Phi) is 27.5. The molecule has 3 heterocycles. The zero-order valence-corrected chi connectivity index (χ0v) is 59.0. The fraction of sp³-hybridized carbons (Fsp3) is 0.178. The molecule has 0 radical (unpaired) electrons. The topological polar surface area (TPSA) is 268 Å². The molecule has 0 bridgehead atoms. The second-order valence-electron chi connectivity index (χ2n) is 22.5. The number of esters is 2. The molecule has 3 aromatic heterocycles. The Balaban J connectivity index is 0.000000215. The van der Waals surface area contributed by atoms with Gasteiger partial charge in [-0.1, -0.05) is 154 Å². The minimum atomic E-state index is -1.34. The first-order chi connectivity index (χ1) is 45.4. The number of hydrogen-bond donors (Lipinski definition) is 3. The summed E-state index contributed by atoms with van der Waals surface area (Å²) in [7, 11) is 9.73. The molecule has 0 aliphatic heterocycles. The van der Waals surface area contributed by atoms with Crippen molar-refractivity contribution in [2.45, 2.75) is 33.5 Å². The number of carbonyl (C=O) groups is 3. The second-order valence-corrected chi connectivity index (χ2v) is 24.6. The number of carbonyl (C=O) groups excluding carboxylic acids is 2. The van der Waals surface area contributed by atoms with Crippen LogP contribution in [0.5, 0.6) is 0 Å². The summed E-state index contributed by atoms with van der Waals surface area (Å²) in [5.74, 6) is -1.74. The number of benzene rings is 9. The first kappa shape index (κ1) is 78.1. The maximum absolute atomic E-state index is 13.4. The number of aromatic nitrogens is 3. The maximum Gasteiger partial charge on any atom is 1.00 e. The molecule has 9 aromatic carbocycles. The van der Waals surface area contributed by atoms with Gasteiger partial charge < -0.3 is 64.0 Å². The van der Waals surface area contributed by atoms with E-state index in [0.717, 1.165) is 26.7 Å². The van der Waals surface area contributed by atoms with Crippen LogP contribution in [0.4, 0.5) is 17.1 Å². The van der Waals surface area contributed by atoms with Crippen molar-refractivity contribution in [2.24, 2.45) is 0 Å². The van der Waals surface area contributed by atoms with Gasteiger partial charge in [-0.2, -0.15) is 0 Å². The molecule has 0 fully saturated rings. The largest absolute Gasteiger partial charge is 1.00 e. The molecule has 0 saturated heterocycles. The van der Waals surface area contributed by atoms with E-state index >= 15 is 0 Å². The third-order valence-electron chi connectivity index (χ3n) is 15.5. The molecular weight excluding hydrogens is 1370 g/mol. The molecule has 0 spiro atoms. The van der Waals surface area contributed by atoms with Crippen molar-refractivity contribution in [1.82, 2.24) is 13.7 Å². The first-order valence-electron chi connectivity index (χ1n) is 30.0. The van der Waals surface area contributed by atoms with Crippen LogP contribution in [0.25, 0.3) is 87.7 Å². The summed E-state index contributed by atoms with van der Waals surface area (Å²) < 4.78 is 16.5. The van der Waals surface area contributed by atoms with E-state index < -0.39 is 13.1 Å². The minimum Gasteiger partial charge on any atom is -0.870 e.